The van der Waals surface area contributed by atoms with Crippen LogP contribution in [-0.4, -0.2) is 16.5 Å². The smallest absolute Gasteiger partial charge is 0.0477 e. The van der Waals surface area contributed by atoms with E-state index in [9.17, 15) is 0 Å². The standard InChI is InChI=1S/C14H17N3/c1-9-5-10(2)16-8-12(9)14-6-11-7-15-4-3-13(11)17-14/h5-6,8,15,17H,3-4,7H2,1-2H3. The van der Waals surface area contributed by atoms with Crippen LogP contribution in [0.5, 0.6) is 0 Å². The second-order valence-electron chi connectivity index (χ2n) is 4.75. The summed E-state index contributed by atoms with van der Waals surface area (Å²) >= 11 is 0. The van der Waals surface area contributed by atoms with Gasteiger partial charge in [-0.2, -0.15) is 0 Å². The van der Waals surface area contributed by atoms with Gasteiger partial charge in [0.25, 0.3) is 0 Å². The number of aryl methyl sites for hydroxylation is 2. The molecule has 3 heteroatoms. The Bertz CT molecular complexity index is 531. The fourth-order valence-corrected chi connectivity index (χ4v) is 2.48. The first-order valence-corrected chi connectivity index (χ1v) is 6.09. The summed E-state index contributed by atoms with van der Waals surface area (Å²) in [4.78, 5) is 7.92. The first kappa shape index (κ1) is 10.5. The van der Waals surface area contributed by atoms with Crippen molar-refractivity contribution in [3.05, 3.63) is 40.8 Å². The van der Waals surface area contributed by atoms with Crippen molar-refractivity contribution in [2.24, 2.45) is 0 Å². The van der Waals surface area contributed by atoms with Crippen LogP contribution < -0.4 is 5.32 Å². The van der Waals surface area contributed by atoms with Crippen LogP contribution in [0.15, 0.2) is 18.3 Å². The average Bonchev–Trinajstić information content (AvgIpc) is 2.72. The van der Waals surface area contributed by atoms with Crippen molar-refractivity contribution in [3.63, 3.8) is 0 Å². The highest BCUT2D eigenvalue weighted by Crippen LogP contribution is 2.26. The van der Waals surface area contributed by atoms with E-state index in [0.717, 1.165) is 25.2 Å². The molecule has 3 heterocycles. The normalized spacial score (nSPS) is 14.7. The van der Waals surface area contributed by atoms with Crippen LogP contribution in [0.4, 0.5) is 0 Å². The van der Waals surface area contributed by atoms with Crippen molar-refractivity contribution < 1.29 is 0 Å². The molecular formula is C14H17N3. The fraction of sp³-hybridized carbons (Fsp3) is 0.357. The number of nitrogens with zero attached hydrogens (tertiary/aromatic N) is 1. The predicted octanol–water partition coefficient (Wildman–Crippen LogP) is 2.34. The highest BCUT2D eigenvalue weighted by Gasteiger charge is 2.14. The molecule has 0 bridgehead atoms. The van der Waals surface area contributed by atoms with E-state index in [-0.39, 0.29) is 0 Å². The van der Waals surface area contributed by atoms with E-state index in [1.54, 1.807) is 0 Å². The van der Waals surface area contributed by atoms with E-state index >= 15 is 0 Å². The molecule has 0 saturated carbocycles. The zero-order chi connectivity index (χ0) is 11.8. The van der Waals surface area contributed by atoms with Gasteiger partial charge in [0.1, 0.15) is 0 Å². The van der Waals surface area contributed by atoms with Crippen molar-refractivity contribution >= 4 is 0 Å². The average molecular weight is 227 g/mol. The third-order valence-corrected chi connectivity index (χ3v) is 3.40. The zero-order valence-electron chi connectivity index (χ0n) is 10.3. The predicted molar refractivity (Wildman–Crippen MR) is 68.9 cm³/mol. The fourth-order valence-electron chi connectivity index (χ4n) is 2.48. The van der Waals surface area contributed by atoms with Gasteiger partial charge in [-0.3, -0.25) is 4.98 Å². The third kappa shape index (κ3) is 1.87. The number of aromatic amines is 1. The van der Waals surface area contributed by atoms with Crippen molar-refractivity contribution in [1.29, 1.82) is 0 Å². The lowest BCUT2D eigenvalue weighted by Gasteiger charge is -2.11. The van der Waals surface area contributed by atoms with Gasteiger partial charge in [0, 0.05) is 48.4 Å². The van der Waals surface area contributed by atoms with Crippen LogP contribution >= 0.6 is 0 Å². The molecule has 2 aromatic heterocycles. The quantitative estimate of drug-likeness (QED) is 0.785. The Morgan fingerprint density at radius 1 is 1.24 bits per heavy atom. The molecule has 17 heavy (non-hydrogen) atoms. The van der Waals surface area contributed by atoms with Crippen LogP contribution in [0.2, 0.25) is 0 Å². The highest BCUT2D eigenvalue weighted by molar-refractivity contribution is 5.64. The summed E-state index contributed by atoms with van der Waals surface area (Å²) < 4.78 is 0. The van der Waals surface area contributed by atoms with E-state index in [4.69, 9.17) is 0 Å². The first-order chi connectivity index (χ1) is 8.24. The van der Waals surface area contributed by atoms with Crippen molar-refractivity contribution in [3.8, 4) is 11.3 Å². The SMILES string of the molecule is Cc1cc(C)c(-c2cc3c([nH]2)CCNC3)cn1. The summed E-state index contributed by atoms with van der Waals surface area (Å²) in [5.41, 5.74) is 7.53. The molecule has 2 N–H and O–H groups in total. The van der Waals surface area contributed by atoms with Crippen LogP contribution in [-0.2, 0) is 13.0 Å². The molecule has 0 aliphatic carbocycles. The monoisotopic (exact) mass is 227 g/mol. The van der Waals surface area contributed by atoms with Crippen molar-refractivity contribution in [2.75, 3.05) is 6.54 Å². The minimum Gasteiger partial charge on any atom is -0.358 e. The van der Waals surface area contributed by atoms with E-state index in [1.165, 1.54) is 28.1 Å². The number of nitrogens with one attached hydrogen (secondary N) is 2. The Morgan fingerprint density at radius 3 is 2.88 bits per heavy atom. The minimum absolute atomic E-state index is 0.976. The molecule has 0 radical (unpaired) electrons. The Balaban J connectivity index is 2.06. The lowest BCUT2D eigenvalue weighted by molar-refractivity contribution is 0.638. The highest BCUT2D eigenvalue weighted by atomic mass is 14.9. The first-order valence-electron chi connectivity index (χ1n) is 6.09. The molecule has 0 aromatic carbocycles. The number of H-pyrrole nitrogens is 1. The molecule has 0 saturated heterocycles. The van der Waals surface area contributed by atoms with Crippen LogP contribution in [0.1, 0.15) is 22.5 Å². The Hall–Kier alpha value is -1.61. The molecule has 88 valence electrons. The summed E-state index contributed by atoms with van der Waals surface area (Å²) in [6.07, 6.45) is 3.06. The number of hydrogen-bond acceptors (Lipinski definition) is 2. The molecule has 2 aromatic rings. The van der Waals surface area contributed by atoms with Gasteiger partial charge in [-0.1, -0.05) is 0 Å². The van der Waals surface area contributed by atoms with Crippen molar-refractivity contribution in [1.82, 2.24) is 15.3 Å². The van der Waals surface area contributed by atoms with E-state index in [0.29, 0.717) is 0 Å². The second kappa shape index (κ2) is 4.00. The molecule has 0 spiro atoms. The molecule has 0 atom stereocenters. The van der Waals surface area contributed by atoms with Crippen LogP contribution in [0, 0.1) is 13.8 Å². The number of aromatic nitrogens is 2. The zero-order valence-corrected chi connectivity index (χ0v) is 10.3. The van der Waals surface area contributed by atoms with E-state index < -0.39 is 0 Å². The largest absolute Gasteiger partial charge is 0.358 e. The molecule has 3 nitrogen and oxygen atoms in total. The lowest BCUT2D eigenvalue weighted by Crippen LogP contribution is -2.22. The minimum atomic E-state index is 0.976. The van der Waals surface area contributed by atoms with Gasteiger partial charge in [-0.15, -0.1) is 0 Å². The maximum absolute atomic E-state index is 4.39. The van der Waals surface area contributed by atoms with Gasteiger partial charge in [-0.25, -0.2) is 0 Å². The van der Waals surface area contributed by atoms with Crippen molar-refractivity contribution in [2.45, 2.75) is 26.8 Å². The maximum atomic E-state index is 4.39. The van der Waals surface area contributed by atoms with Crippen LogP contribution in [0.25, 0.3) is 11.3 Å². The molecule has 1 aliphatic rings. The number of rotatable bonds is 1. The molecule has 3 rings (SSSR count). The van der Waals surface area contributed by atoms with E-state index in [2.05, 4.69) is 34.3 Å². The maximum Gasteiger partial charge on any atom is 0.0477 e. The summed E-state index contributed by atoms with van der Waals surface area (Å²) in [7, 11) is 0. The Morgan fingerprint density at radius 2 is 2.12 bits per heavy atom. The third-order valence-electron chi connectivity index (χ3n) is 3.40. The van der Waals surface area contributed by atoms with Gasteiger partial charge in [0.2, 0.25) is 0 Å². The van der Waals surface area contributed by atoms with Gasteiger partial charge >= 0.3 is 0 Å². The molecule has 0 fully saturated rings. The Kier molecular flexibility index (Phi) is 2.48. The van der Waals surface area contributed by atoms with Gasteiger partial charge < -0.3 is 10.3 Å². The lowest BCUT2D eigenvalue weighted by atomic mass is 10.1. The molecular weight excluding hydrogens is 210 g/mol. The second-order valence-corrected chi connectivity index (χ2v) is 4.75. The van der Waals surface area contributed by atoms with Gasteiger partial charge in [0.05, 0.1) is 0 Å². The summed E-state index contributed by atoms with van der Waals surface area (Å²) in [5.74, 6) is 0. The summed E-state index contributed by atoms with van der Waals surface area (Å²) in [6.45, 7) is 6.21. The number of hydrogen-bond donors (Lipinski definition) is 2. The Labute approximate surface area is 101 Å². The molecule has 0 unspecified atom stereocenters. The molecule has 0 amide bonds. The van der Waals surface area contributed by atoms with E-state index in [1.807, 2.05) is 13.1 Å². The molecule has 1 aliphatic heterocycles. The number of fused-ring (bicyclic) bond motifs is 1. The van der Waals surface area contributed by atoms with Gasteiger partial charge in [-0.05, 0) is 37.1 Å². The van der Waals surface area contributed by atoms with Gasteiger partial charge in [0.15, 0.2) is 0 Å². The van der Waals surface area contributed by atoms with Crippen LogP contribution in [0.3, 0.4) is 0 Å². The number of pyridine rings is 1. The topological polar surface area (TPSA) is 40.7 Å². The summed E-state index contributed by atoms with van der Waals surface area (Å²) in [6, 6.07) is 4.38. The summed E-state index contributed by atoms with van der Waals surface area (Å²) in [5, 5.41) is 3.39.